The second-order valence-electron chi connectivity index (χ2n) is 10.5. The molecule has 3 aromatic rings. The molecule has 2 aliphatic heterocycles. The van der Waals surface area contributed by atoms with E-state index in [9.17, 15) is 27.9 Å². The van der Waals surface area contributed by atoms with Crippen LogP contribution in [0.2, 0.25) is 5.02 Å². The van der Waals surface area contributed by atoms with Crippen molar-refractivity contribution in [3.8, 4) is 17.0 Å². The van der Waals surface area contributed by atoms with Crippen molar-refractivity contribution < 1.29 is 27.8 Å². The van der Waals surface area contributed by atoms with Crippen LogP contribution < -0.4 is 26.2 Å². The summed E-state index contributed by atoms with van der Waals surface area (Å²) < 4.78 is 50.2. The Morgan fingerprint density at radius 1 is 1.22 bits per heavy atom. The van der Waals surface area contributed by atoms with Crippen LogP contribution in [-0.4, -0.2) is 57.5 Å². The summed E-state index contributed by atoms with van der Waals surface area (Å²) in [6.45, 7) is 1.61. The first-order valence-corrected chi connectivity index (χ1v) is 13.3. The fourth-order valence-corrected chi connectivity index (χ4v) is 5.66. The lowest BCUT2D eigenvalue weighted by Gasteiger charge is -2.39. The highest BCUT2D eigenvalue weighted by molar-refractivity contribution is 6.30. The molecule has 1 spiro atoms. The number of hydrogen-bond acceptors (Lipinski definition) is 8. The number of nitrogen functional groups attached to an aromatic ring is 1. The normalized spacial score (nSPS) is 19.3. The average molecular weight is 593 g/mol. The number of hydrogen-bond donors (Lipinski definition) is 3. The quantitative estimate of drug-likeness (QED) is 0.390. The van der Waals surface area contributed by atoms with Gasteiger partial charge in [-0.2, -0.15) is 23.1 Å². The van der Waals surface area contributed by atoms with E-state index < -0.39 is 29.9 Å². The monoisotopic (exact) mass is 592 g/mol. The third-order valence-electron chi connectivity index (χ3n) is 7.76. The van der Waals surface area contributed by atoms with E-state index in [0.29, 0.717) is 44.7 Å². The van der Waals surface area contributed by atoms with Crippen LogP contribution in [-0.2, 0) is 11.8 Å². The van der Waals surface area contributed by atoms with E-state index in [1.54, 1.807) is 0 Å². The van der Waals surface area contributed by atoms with Crippen LogP contribution in [0.1, 0.15) is 30.9 Å². The summed E-state index contributed by atoms with van der Waals surface area (Å²) in [6, 6.07) is 7.35. The third-order valence-corrected chi connectivity index (χ3v) is 8.00. The van der Waals surface area contributed by atoms with Gasteiger partial charge in [-0.15, -0.1) is 0 Å². The van der Waals surface area contributed by atoms with Crippen LogP contribution in [0.4, 0.5) is 24.9 Å². The maximum Gasteiger partial charge on any atom is 0.429 e. The first-order valence-electron chi connectivity index (χ1n) is 12.9. The lowest BCUT2D eigenvalue weighted by atomic mass is 9.76. The minimum Gasteiger partial charge on any atom is -0.480 e. The SMILES string of the molecule is Cn1ccc(-c2cc(Cl)ccc2[C@@H](Oc2cc(N3CCC4(CC3)CNC(C(=O)O)C4)nc(N)n2)C(F)(F)F)cc1=O. The Labute approximate surface area is 237 Å². The van der Waals surface area contributed by atoms with Gasteiger partial charge in [-0.3, -0.25) is 9.59 Å². The van der Waals surface area contributed by atoms with Crippen LogP contribution in [0.3, 0.4) is 0 Å². The number of nitrogens with two attached hydrogens (primary N) is 1. The number of alkyl halides is 3. The summed E-state index contributed by atoms with van der Waals surface area (Å²) in [5.41, 5.74) is 5.41. The highest BCUT2D eigenvalue weighted by Crippen LogP contribution is 2.43. The highest BCUT2D eigenvalue weighted by Gasteiger charge is 2.46. The predicted octanol–water partition coefficient (Wildman–Crippen LogP) is 3.79. The summed E-state index contributed by atoms with van der Waals surface area (Å²) in [6.07, 6.45) is -3.99. The molecule has 4 N–H and O–H groups in total. The van der Waals surface area contributed by atoms with Crippen molar-refractivity contribution in [2.45, 2.75) is 37.6 Å². The molecule has 0 aliphatic carbocycles. The Balaban J connectivity index is 1.42. The van der Waals surface area contributed by atoms with Gasteiger partial charge in [-0.1, -0.05) is 17.7 Å². The topological polar surface area (TPSA) is 136 Å². The molecule has 2 atom stereocenters. The number of pyridine rings is 1. The summed E-state index contributed by atoms with van der Waals surface area (Å²) in [5.74, 6) is -1.19. The summed E-state index contributed by atoms with van der Waals surface area (Å²) in [7, 11) is 1.53. The van der Waals surface area contributed by atoms with Gasteiger partial charge in [0.05, 0.1) is 0 Å². The van der Waals surface area contributed by atoms with E-state index in [-0.39, 0.29) is 39.0 Å². The minimum absolute atomic E-state index is 0.0888. The van der Waals surface area contributed by atoms with Gasteiger partial charge in [-0.05, 0) is 54.0 Å². The van der Waals surface area contributed by atoms with Crippen molar-refractivity contribution in [3.63, 3.8) is 0 Å². The largest absolute Gasteiger partial charge is 0.480 e. The molecular formula is C27H28ClF3N6O4. The molecule has 5 rings (SSSR count). The standard InChI is InChI=1S/C27H28ClF3N6O4/c1-36-7-4-15(10-22(36)38)18-11-16(28)2-3-17(18)23(27(29,30)31)41-21-12-20(34-25(32)35-21)37-8-5-26(6-9-37)13-19(24(39)40)33-14-26/h2-4,7,10-12,19,23,33H,5-6,8-9,13-14H2,1H3,(H,39,40)(H2,32,34,35)/t19?,23-/m1/s1. The number of anilines is 2. The zero-order valence-corrected chi connectivity index (χ0v) is 22.7. The average Bonchev–Trinajstić information content (AvgIpc) is 3.32. The Bertz CT molecular complexity index is 1520. The number of ether oxygens (including phenoxy) is 1. The summed E-state index contributed by atoms with van der Waals surface area (Å²) in [4.78, 5) is 33.6. The smallest absolute Gasteiger partial charge is 0.429 e. The van der Waals surface area contributed by atoms with Gasteiger partial charge in [0.2, 0.25) is 17.9 Å². The van der Waals surface area contributed by atoms with E-state index in [2.05, 4.69) is 15.3 Å². The van der Waals surface area contributed by atoms with Gasteiger partial charge in [-0.25, -0.2) is 0 Å². The molecule has 2 aliphatic rings. The van der Waals surface area contributed by atoms with Crippen LogP contribution in [0.5, 0.6) is 5.88 Å². The summed E-state index contributed by atoms with van der Waals surface area (Å²) >= 11 is 6.13. The number of benzene rings is 1. The summed E-state index contributed by atoms with van der Waals surface area (Å²) in [5, 5.41) is 12.6. The van der Waals surface area contributed by atoms with Crippen molar-refractivity contribution in [2.75, 3.05) is 30.3 Å². The van der Waals surface area contributed by atoms with Gasteiger partial charge in [0.25, 0.3) is 5.56 Å². The Morgan fingerprint density at radius 3 is 2.59 bits per heavy atom. The first-order chi connectivity index (χ1) is 19.3. The molecule has 1 aromatic carbocycles. The van der Waals surface area contributed by atoms with Gasteiger partial charge >= 0.3 is 12.1 Å². The maximum atomic E-state index is 14.5. The molecule has 0 bridgehead atoms. The third kappa shape index (κ3) is 6.10. The number of carbonyl (C=O) groups is 1. The number of carboxylic acid groups (broad SMARTS) is 1. The fourth-order valence-electron chi connectivity index (χ4n) is 5.49. The molecule has 10 nitrogen and oxygen atoms in total. The van der Waals surface area contributed by atoms with Crippen molar-refractivity contribution in [2.24, 2.45) is 12.5 Å². The molecule has 41 heavy (non-hydrogen) atoms. The molecule has 4 heterocycles. The lowest BCUT2D eigenvalue weighted by molar-refractivity contribution is -0.198. The molecule has 218 valence electrons. The Kier molecular flexibility index (Phi) is 7.60. The van der Waals surface area contributed by atoms with Gasteiger partial charge in [0, 0.05) is 55.6 Å². The number of carboxylic acids is 1. The minimum atomic E-state index is -4.87. The predicted molar refractivity (Wildman–Crippen MR) is 146 cm³/mol. The van der Waals surface area contributed by atoms with Crippen LogP contribution in [0.25, 0.3) is 11.1 Å². The lowest BCUT2D eigenvalue weighted by Crippen LogP contribution is -2.41. The molecular weight excluding hydrogens is 565 g/mol. The number of aromatic nitrogens is 3. The molecule has 0 amide bonds. The van der Waals surface area contributed by atoms with Crippen molar-refractivity contribution in [1.29, 1.82) is 0 Å². The number of piperidine rings is 1. The van der Waals surface area contributed by atoms with E-state index in [1.807, 2.05) is 4.90 Å². The number of nitrogens with zero attached hydrogens (tertiary/aromatic N) is 4. The van der Waals surface area contributed by atoms with E-state index in [0.717, 1.165) is 0 Å². The van der Waals surface area contributed by atoms with Crippen molar-refractivity contribution >= 4 is 29.3 Å². The first kappa shape index (κ1) is 28.7. The fraction of sp³-hybridized carbons (Fsp3) is 0.407. The molecule has 2 fully saturated rings. The number of aryl methyl sites for hydroxylation is 1. The molecule has 0 radical (unpaired) electrons. The number of rotatable bonds is 6. The number of nitrogens with one attached hydrogen (secondary N) is 1. The molecule has 0 saturated carbocycles. The van der Waals surface area contributed by atoms with Crippen LogP contribution in [0.15, 0.2) is 47.4 Å². The molecule has 2 aromatic heterocycles. The Morgan fingerprint density at radius 2 is 1.95 bits per heavy atom. The van der Waals surface area contributed by atoms with Gasteiger partial charge in [0.1, 0.15) is 11.9 Å². The van der Waals surface area contributed by atoms with Crippen molar-refractivity contribution in [3.05, 3.63) is 63.5 Å². The number of aliphatic carboxylic acids is 1. The number of halogens is 4. The molecule has 14 heteroatoms. The molecule has 1 unspecified atom stereocenters. The second-order valence-corrected chi connectivity index (χ2v) is 11.0. The van der Waals surface area contributed by atoms with Crippen LogP contribution >= 0.6 is 11.6 Å². The van der Waals surface area contributed by atoms with E-state index >= 15 is 0 Å². The highest BCUT2D eigenvalue weighted by atomic mass is 35.5. The van der Waals surface area contributed by atoms with E-state index in [1.165, 1.54) is 54.2 Å². The van der Waals surface area contributed by atoms with E-state index in [4.69, 9.17) is 22.1 Å². The molecule has 2 saturated heterocycles. The van der Waals surface area contributed by atoms with Crippen molar-refractivity contribution in [1.82, 2.24) is 19.9 Å². The van der Waals surface area contributed by atoms with Gasteiger partial charge in [0.15, 0.2) is 0 Å². The Hall–Kier alpha value is -3.84. The van der Waals surface area contributed by atoms with Crippen LogP contribution in [0, 0.1) is 5.41 Å². The zero-order valence-electron chi connectivity index (χ0n) is 22.0. The maximum absolute atomic E-state index is 14.5. The zero-order chi connectivity index (χ0) is 29.5. The van der Waals surface area contributed by atoms with Gasteiger partial charge < -0.3 is 30.4 Å². The second kappa shape index (κ2) is 10.9.